The highest BCUT2D eigenvalue weighted by Crippen LogP contribution is 2.38. The molecule has 2 aromatic rings. The summed E-state index contributed by atoms with van der Waals surface area (Å²) in [6.45, 7) is 4.56. The summed E-state index contributed by atoms with van der Waals surface area (Å²) < 4.78 is 89.3. The van der Waals surface area contributed by atoms with Gasteiger partial charge in [-0.15, -0.1) is 0 Å². The van der Waals surface area contributed by atoms with Gasteiger partial charge in [-0.25, -0.2) is 4.98 Å². The number of ether oxygens (including phenoxy) is 2. The maximum Gasteiger partial charge on any atom is 0.417 e. The van der Waals surface area contributed by atoms with Crippen molar-refractivity contribution in [1.29, 1.82) is 0 Å². The minimum absolute atomic E-state index is 0.0394. The van der Waals surface area contributed by atoms with Gasteiger partial charge in [0.2, 0.25) is 0 Å². The van der Waals surface area contributed by atoms with Crippen molar-refractivity contribution in [2.45, 2.75) is 64.0 Å². The zero-order chi connectivity index (χ0) is 24.2. The van der Waals surface area contributed by atoms with E-state index in [1.807, 2.05) is 18.7 Å². The molecule has 33 heavy (non-hydrogen) atoms. The van der Waals surface area contributed by atoms with E-state index in [4.69, 9.17) is 9.47 Å². The van der Waals surface area contributed by atoms with Gasteiger partial charge in [-0.2, -0.15) is 26.3 Å². The molecule has 4 nitrogen and oxygen atoms in total. The van der Waals surface area contributed by atoms with Gasteiger partial charge in [0.1, 0.15) is 11.9 Å². The minimum atomic E-state index is -4.49. The number of nitrogens with zero attached hydrogens (tertiary/aromatic N) is 2. The standard InChI is InChI=1S/C23H26F6N2O2/c1-3-11-32-20-12-15(22(24,25)26)5-7-19(20)33-18-9-10-31(17(4-2)13-18)21-8-6-16(14-30-21)23(27,28)29/h5-8,12,14,17-18H,3-4,9-11,13H2,1-2H3/t17-,18-/m0/s1. The first-order chi connectivity index (χ1) is 15.5. The zero-order valence-electron chi connectivity index (χ0n) is 18.3. The van der Waals surface area contributed by atoms with Crippen LogP contribution in [0, 0.1) is 0 Å². The molecular formula is C23H26F6N2O2. The first-order valence-electron chi connectivity index (χ1n) is 10.8. The average Bonchev–Trinajstić information content (AvgIpc) is 2.77. The number of rotatable bonds is 7. The van der Waals surface area contributed by atoms with Gasteiger partial charge in [-0.3, -0.25) is 0 Å². The molecule has 0 amide bonds. The van der Waals surface area contributed by atoms with Crippen LogP contribution in [0.4, 0.5) is 32.2 Å². The summed E-state index contributed by atoms with van der Waals surface area (Å²) >= 11 is 0. The molecule has 0 unspecified atom stereocenters. The molecule has 1 aromatic carbocycles. The Kier molecular flexibility index (Phi) is 7.64. The molecule has 2 atom stereocenters. The van der Waals surface area contributed by atoms with Crippen molar-refractivity contribution in [3.8, 4) is 11.5 Å². The molecule has 1 aliphatic rings. The number of alkyl halides is 6. The van der Waals surface area contributed by atoms with E-state index in [0.29, 0.717) is 38.0 Å². The van der Waals surface area contributed by atoms with Gasteiger partial charge < -0.3 is 14.4 Å². The third-order valence-corrected chi connectivity index (χ3v) is 5.53. The topological polar surface area (TPSA) is 34.6 Å². The Labute approximate surface area is 188 Å². The third kappa shape index (κ3) is 6.23. The first kappa shape index (κ1) is 25.0. The van der Waals surface area contributed by atoms with Crippen LogP contribution in [0.1, 0.15) is 50.7 Å². The highest BCUT2D eigenvalue weighted by Gasteiger charge is 2.34. The fourth-order valence-electron chi connectivity index (χ4n) is 3.82. The number of halogens is 6. The normalized spacial score (nSPS) is 19.5. The second-order valence-corrected chi connectivity index (χ2v) is 7.93. The Balaban J connectivity index is 1.73. The van der Waals surface area contributed by atoms with Crippen LogP contribution in [-0.4, -0.2) is 30.3 Å². The Morgan fingerprint density at radius 3 is 2.24 bits per heavy atom. The molecule has 1 saturated heterocycles. The Morgan fingerprint density at radius 1 is 0.970 bits per heavy atom. The van der Waals surface area contributed by atoms with Crippen LogP contribution < -0.4 is 14.4 Å². The van der Waals surface area contributed by atoms with Crippen LogP contribution in [0.5, 0.6) is 11.5 Å². The van der Waals surface area contributed by atoms with Crippen molar-refractivity contribution in [3.63, 3.8) is 0 Å². The molecule has 1 aliphatic heterocycles. The number of hydrogen-bond acceptors (Lipinski definition) is 4. The quantitative estimate of drug-likeness (QED) is 0.415. The maximum absolute atomic E-state index is 13.1. The highest BCUT2D eigenvalue weighted by molar-refractivity contribution is 5.45. The monoisotopic (exact) mass is 476 g/mol. The SMILES string of the molecule is CCCOc1cc(C(F)(F)F)ccc1O[C@H]1CCN(c2ccc(C(F)(F)F)cn2)[C@@H](CC)C1. The molecule has 0 saturated carbocycles. The molecule has 2 heterocycles. The summed E-state index contributed by atoms with van der Waals surface area (Å²) in [5.74, 6) is 0.749. The summed E-state index contributed by atoms with van der Waals surface area (Å²) in [4.78, 5) is 5.94. The first-order valence-corrected chi connectivity index (χ1v) is 10.8. The van der Waals surface area contributed by atoms with Crippen LogP contribution in [-0.2, 0) is 12.4 Å². The summed E-state index contributed by atoms with van der Waals surface area (Å²) in [6, 6.07) is 5.52. The van der Waals surface area contributed by atoms with Crippen molar-refractivity contribution in [1.82, 2.24) is 4.98 Å². The van der Waals surface area contributed by atoms with E-state index in [0.717, 1.165) is 24.4 Å². The van der Waals surface area contributed by atoms with E-state index >= 15 is 0 Å². The number of piperidine rings is 1. The van der Waals surface area contributed by atoms with Gasteiger partial charge in [0, 0.05) is 31.6 Å². The second kappa shape index (κ2) is 10.1. The zero-order valence-corrected chi connectivity index (χ0v) is 18.3. The van der Waals surface area contributed by atoms with E-state index in [-0.39, 0.29) is 30.3 Å². The van der Waals surface area contributed by atoms with Gasteiger partial charge in [0.25, 0.3) is 0 Å². The van der Waals surface area contributed by atoms with Crippen LogP contribution in [0.25, 0.3) is 0 Å². The van der Waals surface area contributed by atoms with Crippen molar-refractivity contribution in [2.75, 3.05) is 18.1 Å². The lowest BCUT2D eigenvalue weighted by atomic mass is 9.97. The van der Waals surface area contributed by atoms with Crippen molar-refractivity contribution >= 4 is 5.82 Å². The summed E-state index contributed by atoms with van der Waals surface area (Å²) in [7, 11) is 0. The number of pyridine rings is 1. The minimum Gasteiger partial charge on any atom is -0.490 e. The number of anilines is 1. The Bertz CT molecular complexity index is 915. The molecule has 1 aromatic heterocycles. The van der Waals surface area contributed by atoms with Crippen molar-refractivity contribution in [3.05, 3.63) is 47.7 Å². The highest BCUT2D eigenvalue weighted by atomic mass is 19.4. The molecular weight excluding hydrogens is 450 g/mol. The van der Waals surface area contributed by atoms with E-state index < -0.39 is 23.5 Å². The van der Waals surface area contributed by atoms with E-state index in [1.54, 1.807) is 0 Å². The maximum atomic E-state index is 13.1. The molecule has 0 spiro atoms. The van der Waals surface area contributed by atoms with Crippen molar-refractivity contribution in [2.24, 2.45) is 0 Å². The number of aromatic nitrogens is 1. The molecule has 0 aliphatic carbocycles. The summed E-state index contributed by atoms with van der Waals surface area (Å²) in [5.41, 5.74) is -1.62. The van der Waals surface area contributed by atoms with Gasteiger partial charge in [0.15, 0.2) is 11.5 Å². The predicted molar refractivity (Wildman–Crippen MR) is 112 cm³/mol. The van der Waals surface area contributed by atoms with Crippen LogP contribution in [0.15, 0.2) is 36.5 Å². The fourth-order valence-corrected chi connectivity index (χ4v) is 3.82. The lowest BCUT2D eigenvalue weighted by Crippen LogP contribution is -2.46. The Morgan fingerprint density at radius 2 is 1.67 bits per heavy atom. The lowest BCUT2D eigenvalue weighted by Gasteiger charge is -2.40. The molecule has 10 heteroatoms. The number of benzene rings is 1. The van der Waals surface area contributed by atoms with Crippen LogP contribution in [0.3, 0.4) is 0 Å². The third-order valence-electron chi connectivity index (χ3n) is 5.53. The average molecular weight is 476 g/mol. The molecule has 0 radical (unpaired) electrons. The van der Waals surface area contributed by atoms with Crippen LogP contribution >= 0.6 is 0 Å². The Hall–Kier alpha value is -2.65. The van der Waals surface area contributed by atoms with E-state index in [2.05, 4.69) is 4.98 Å². The number of hydrogen-bond donors (Lipinski definition) is 0. The molecule has 1 fully saturated rings. The van der Waals surface area contributed by atoms with Gasteiger partial charge in [-0.05, 0) is 43.2 Å². The van der Waals surface area contributed by atoms with Crippen molar-refractivity contribution < 1.29 is 35.8 Å². The molecule has 0 N–H and O–H groups in total. The van der Waals surface area contributed by atoms with E-state index in [1.165, 1.54) is 12.1 Å². The largest absolute Gasteiger partial charge is 0.490 e. The molecule has 0 bridgehead atoms. The van der Waals surface area contributed by atoms with Gasteiger partial charge in [-0.1, -0.05) is 13.8 Å². The second-order valence-electron chi connectivity index (χ2n) is 7.93. The van der Waals surface area contributed by atoms with Gasteiger partial charge >= 0.3 is 12.4 Å². The fraction of sp³-hybridized carbons (Fsp3) is 0.522. The van der Waals surface area contributed by atoms with Crippen LogP contribution in [0.2, 0.25) is 0 Å². The predicted octanol–water partition coefficient (Wildman–Crippen LogP) is 6.73. The molecule has 3 rings (SSSR count). The molecule has 182 valence electrons. The van der Waals surface area contributed by atoms with Gasteiger partial charge in [0.05, 0.1) is 17.7 Å². The summed E-state index contributed by atoms with van der Waals surface area (Å²) in [5, 5.41) is 0. The summed E-state index contributed by atoms with van der Waals surface area (Å²) in [6.07, 6.45) is -5.97. The lowest BCUT2D eigenvalue weighted by molar-refractivity contribution is -0.138. The smallest absolute Gasteiger partial charge is 0.417 e. The van der Waals surface area contributed by atoms with E-state index in [9.17, 15) is 26.3 Å².